The largest absolute Gasteiger partial charge is 0.293 e. The maximum absolute atomic E-state index is 9.29. The number of likely N-dealkylation sites (tertiary alicyclic amines) is 1. The first kappa shape index (κ1) is 20.8. The molecule has 168 valence electrons. The summed E-state index contributed by atoms with van der Waals surface area (Å²) in [5, 5.41) is 9.29. The molecule has 4 bridgehead atoms. The summed E-state index contributed by atoms with van der Waals surface area (Å²) < 4.78 is 0. The van der Waals surface area contributed by atoms with E-state index in [0.717, 1.165) is 41.5 Å². The molecule has 1 atom stereocenters. The second kappa shape index (κ2) is 7.37. The van der Waals surface area contributed by atoms with Gasteiger partial charge in [0.2, 0.25) is 0 Å². The van der Waals surface area contributed by atoms with Crippen LogP contribution in [0.2, 0.25) is 0 Å². The van der Waals surface area contributed by atoms with Gasteiger partial charge in [0.15, 0.2) is 0 Å². The SMILES string of the molecule is CC1(C)C(=S)N(c2ccc(C#N)cc2)C(=NC23CC4CC(CC(C4)C2)C3)[C@H]1N1CCCC1. The second-order valence-electron chi connectivity index (χ2n) is 11.8. The average molecular weight is 447 g/mol. The van der Waals surface area contributed by atoms with E-state index >= 15 is 0 Å². The van der Waals surface area contributed by atoms with E-state index in [1.54, 1.807) is 0 Å². The maximum atomic E-state index is 9.29. The molecule has 1 aromatic carbocycles. The maximum Gasteiger partial charge on any atom is 0.127 e. The van der Waals surface area contributed by atoms with E-state index in [4.69, 9.17) is 17.2 Å². The van der Waals surface area contributed by atoms with Gasteiger partial charge in [-0.3, -0.25) is 14.8 Å². The summed E-state index contributed by atoms with van der Waals surface area (Å²) in [4.78, 5) is 11.7. The summed E-state index contributed by atoms with van der Waals surface area (Å²) in [6, 6.07) is 10.4. The van der Waals surface area contributed by atoms with Crippen LogP contribution in [0.3, 0.4) is 0 Å². The van der Waals surface area contributed by atoms with E-state index in [0.29, 0.717) is 5.56 Å². The Balaban J connectivity index is 1.47. The van der Waals surface area contributed by atoms with Gasteiger partial charge in [-0.25, -0.2) is 0 Å². The zero-order valence-corrected chi connectivity index (χ0v) is 20.2. The Morgan fingerprint density at radius 2 is 1.53 bits per heavy atom. The number of nitriles is 1. The molecule has 2 aliphatic heterocycles. The van der Waals surface area contributed by atoms with E-state index < -0.39 is 0 Å². The van der Waals surface area contributed by atoms with Gasteiger partial charge in [0.1, 0.15) is 5.84 Å². The molecule has 5 heteroatoms. The minimum atomic E-state index is -0.144. The lowest BCUT2D eigenvalue weighted by Crippen LogP contribution is -2.52. The number of benzene rings is 1. The molecule has 0 N–H and O–H groups in total. The molecule has 4 saturated carbocycles. The second-order valence-corrected chi connectivity index (χ2v) is 12.2. The van der Waals surface area contributed by atoms with Gasteiger partial charge in [-0.1, -0.05) is 26.1 Å². The Morgan fingerprint density at radius 3 is 2.06 bits per heavy atom. The Bertz CT molecular complexity index is 960. The summed E-state index contributed by atoms with van der Waals surface area (Å²) in [6.07, 6.45) is 10.6. The van der Waals surface area contributed by atoms with Crippen LogP contribution in [-0.2, 0) is 0 Å². The smallest absolute Gasteiger partial charge is 0.127 e. The fraction of sp³-hybridized carbons (Fsp3) is 0.667. The van der Waals surface area contributed by atoms with Gasteiger partial charge in [-0.2, -0.15) is 5.26 Å². The standard InChI is InChI=1S/C27H34N4S/c1-26(2)23(30-9-3-4-10-30)24(31(25(26)32)22-7-5-18(17-28)6-8-22)29-27-14-19-11-20(15-27)13-21(12-19)16-27/h5-8,19-21,23H,3-4,9-16H2,1-2H3/t19?,20?,21?,23-,27?/m1/s1. The van der Waals surface area contributed by atoms with Crippen molar-refractivity contribution in [3.63, 3.8) is 0 Å². The van der Waals surface area contributed by atoms with Crippen molar-refractivity contribution in [2.75, 3.05) is 18.0 Å². The first-order valence-electron chi connectivity index (χ1n) is 12.6. The summed E-state index contributed by atoms with van der Waals surface area (Å²) in [5.41, 5.74) is 1.72. The molecule has 4 aliphatic carbocycles. The quantitative estimate of drug-likeness (QED) is 0.570. The number of hydrogen-bond acceptors (Lipinski definition) is 4. The lowest BCUT2D eigenvalue weighted by Gasteiger charge is -2.55. The van der Waals surface area contributed by atoms with Gasteiger partial charge in [0, 0.05) is 11.1 Å². The van der Waals surface area contributed by atoms with Crippen LogP contribution < -0.4 is 4.90 Å². The molecule has 32 heavy (non-hydrogen) atoms. The van der Waals surface area contributed by atoms with Crippen molar-refractivity contribution in [1.82, 2.24) is 4.90 Å². The van der Waals surface area contributed by atoms with Crippen LogP contribution in [0.15, 0.2) is 29.3 Å². The number of aliphatic imine (C=N–C) groups is 1. The van der Waals surface area contributed by atoms with Crippen LogP contribution in [-0.4, -0.2) is 40.4 Å². The molecular formula is C27H34N4S. The van der Waals surface area contributed by atoms with Crippen molar-refractivity contribution in [3.05, 3.63) is 29.8 Å². The predicted molar refractivity (Wildman–Crippen MR) is 133 cm³/mol. The summed E-state index contributed by atoms with van der Waals surface area (Å²) in [5.74, 6) is 3.82. The van der Waals surface area contributed by atoms with Crippen molar-refractivity contribution in [2.45, 2.75) is 76.8 Å². The van der Waals surface area contributed by atoms with Crippen LogP contribution in [0, 0.1) is 34.5 Å². The Kier molecular flexibility index (Phi) is 4.79. The minimum Gasteiger partial charge on any atom is -0.293 e. The van der Waals surface area contributed by atoms with Gasteiger partial charge in [-0.05, 0) is 106 Å². The van der Waals surface area contributed by atoms with Crippen LogP contribution in [0.4, 0.5) is 5.69 Å². The van der Waals surface area contributed by atoms with E-state index in [1.165, 1.54) is 57.2 Å². The molecule has 0 spiro atoms. The van der Waals surface area contributed by atoms with Crippen molar-refractivity contribution in [1.29, 1.82) is 5.26 Å². The van der Waals surface area contributed by atoms with Gasteiger partial charge < -0.3 is 0 Å². The predicted octanol–water partition coefficient (Wildman–Crippen LogP) is 5.56. The molecule has 0 radical (unpaired) electrons. The molecule has 6 aliphatic rings. The van der Waals surface area contributed by atoms with Gasteiger partial charge >= 0.3 is 0 Å². The third-order valence-corrected chi connectivity index (χ3v) is 9.74. The number of rotatable bonds is 3. The monoisotopic (exact) mass is 446 g/mol. The summed E-state index contributed by atoms with van der Waals surface area (Å²) in [7, 11) is 0. The normalized spacial score (nSPS) is 39.2. The lowest BCUT2D eigenvalue weighted by atomic mass is 9.53. The van der Waals surface area contributed by atoms with Crippen LogP contribution in [0.5, 0.6) is 0 Å². The van der Waals surface area contributed by atoms with E-state index in [2.05, 4.69) is 41.8 Å². The lowest BCUT2D eigenvalue weighted by molar-refractivity contribution is 0.00124. The van der Waals surface area contributed by atoms with Crippen LogP contribution in [0.25, 0.3) is 0 Å². The number of anilines is 1. The highest BCUT2D eigenvalue weighted by molar-refractivity contribution is 7.80. The fourth-order valence-corrected chi connectivity index (χ4v) is 8.37. The minimum absolute atomic E-state index is 0.114. The molecule has 7 rings (SSSR count). The number of thiocarbonyl (C=S) groups is 1. The highest BCUT2D eigenvalue weighted by atomic mass is 32.1. The van der Waals surface area contributed by atoms with Crippen molar-refractivity contribution in [2.24, 2.45) is 28.2 Å². The van der Waals surface area contributed by atoms with Crippen molar-refractivity contribution < 1.29 is 0 Å². The summed E-state index contributed by atoms with van der Waals surface area (Å²) in [6.45, 7) is 6.91. The highest BCUT2D eigenvalue weighted by Gasteiger charge is 2.56. The molecule has 0 amide bonds. The Hall–Kier alpha value is -1.77. The molecule has 2 saturated heterocycles. The molecule has 1 aromatic rings. The molecule has 6 fully saturated rings. The van der Waals surface area contributed by atoms with Crippen molar-refractivity contribution in [3.8, 4) is 6.07 Å². The molecule has 0 unspecified atom stereocenters. The van der Waals surface area contributed by atoms with Gasteiger partial charge in [0.05, 0.1) is 28.2 Å². The third kappa shape index (κ3) is 3.17. The van der Waals surface area contributed by atoms with Gasteiger partial charge in [-0.15, -0.1) is 0 Å². The Labute approximate surface area is 197 Å². The van der Waals surface area contributed by atoms with Crippen LogP contribution >= 0.6 is 12.2 Å². The zero-order valence-electron chi connectivity index (χ0n) is 19.4. The third-order valence-electron chi connectivity index (χ3n) is 9.03. The molecule has 4 nitrogen and oxygen atoms in total. The number of nitrogens with zero attached hydrogens (tertiary/aromatic N) is 4. The number of hydrogen-bond donors (Lipinski definition) is 0. The van der Waals surface area contributed by atoms with Crippen molar-refractivity contribution >= 4 is 28.7 Å². The summed E-state index contributed by atoms with van der Waals surface area (Å²) >= 11 is 6.17. The number of amidine groups is 1. The van der Waals surface area contributed by atoms with E-state index in [-0.39, 0.29) is 17.0 Å². The van der Waals surface area contributed by atoms with Crippen LogP contribution in [0.1, 0.15) is 70.8 Å². The van der Waals surface area contributed by atoms with E-state index in [1.807, 2.05) is 12.1 Å². The Morgan fingerprint density at radius 1 is 0.969 bits per heavy atom. The van der Waals surface area contributed by atoms with E-state index in [9.17, 15) is 5.26 Å². The zero-order chi connectivity index (χ0) is 22.1. The van der Waals surface area contributed by atoms with Gasteiger partial charge in [0.25, 0.3) is 0 Å². The molecule has 2 heterocycles. The fourth-order valence-electron chi connectivity index (χ4n) is 8.06. The molecular weight excluding hydrogens is 412 g/mol. The topological polar surface area (TPSA) is 42.6 Å². The first-order chi connectivity index (χ1) is 15.4. The first-order valence-corrected chi connectivity index (χ1v) is 13.0. The molecule has 0 aromatic heterocycles. The average Bonchev–Trinajstić information content (AvgIpc) is 3.32. The highest BCUT2D eigenvalue weighted by Crippen LogP contribution is 2.58.